The lowest BCUT2D eigenvalue weighted by atomic mass is 10.1. The minimum Gasteiger partial charge on any atom is -0.326 e. The molecule has 0 aliphatic rings. The highest BCUT2D eigenvalue weighted by molar-refractivity contribution is 5.91. The maximum atomic E-state index is 11.7. The van der Waals surface area contributed by atoms with E-state index in [9.17, 15) is 4.79 Å². The number of fused-ring (bicyclic) bond motifs is 1. The zero-order valence-electron chi connectivity index (χ0n) is 12.8. The predicted molar refractivity (Wildman–Crippen MR) is 88.9 cm³/mol. The Morgan fingerprint density at radius 3 is 2.91 bits per heavy atom. The smallest absolute Gasteiger partial charge is 0.224 e. The molecule has 1 amide bonds. The minimum absolute atomic E-state index is 0.0466. The van der Waals surface area contributed by atoms with E-state index in [1.807, 2.05) is 53.9 Å². The van der Waals surface area contributed by atoms with Crippen LogP contribution in [0.15, 0.2) is 48.8 Å². The van der Waals surface area contributed by atoms with E-state index in [-0.39, 0.29) is 5.91 Å². The zero-order valence-corrected chi connectivity index (χ0v) is 12.8. The molecule has 112 valence electrons. The summed E-state index contributed by atoms with van der Waals surface area (Å²) in [5, 5.41) is 2.92. The number of rotatable bonds is 4. The Labute approximate surface area is 129 Å². The molecule has 3 rings (SSSR count). The van der Waals surface area contributed by atoms with Crippen molar-refractivity contribution in [1.29, 1.82) is 0 Å². The van der Waals surface area contributed by atoms with Crippen molar-refractivity contribution >= 4 is 17.2 Å². The van der Waals surface area contributed by atoms with Crippen molar-refractivity contribution in [3.63, 3.8) is 0 Å². The lowest BCUT2D eigenvalue weighted by Crippen LogP contribution is -2.10. The van der Waals surface area contributed by atoms with E-state index in [1.165, 1.54) is 5.56 Å². The number of hydrogen-bond acceptors (Lipinski definition) is 2. The van der Waals surface area contributed by atoms with Crippen molar-refractivity contribution in [2.45, 2.75) is 26.7 Å². The third-order valence-electron chi connectivity index (χ3n) is 3.52. The lowest BCUT2D eigenvalue weighted by Gasteiger charge is -2.05. The van der Waals surface area contributed by atoms with E-state index in [4.69, 9.17) is 0 Å². The minimum atomic E-state index is 0.0466. The Bertz CT molecular complexity index is 820. The topological polar surface area (TPSA) is 46.4 Å². The van der Waals surface area contributed by atoms with Gasteiger partial charge in [-0.25, -0.2) is 4.98 Å². The van der Waals surface area contributed by atoms with Gasteiger partial charge in [0.05, 0.1) is 5.69 Å². The molecule has 2 aromatic heterocycles. The Morgan fingerprint density at radius 2 is 2.09 bits per heavy atom. The van der Waals surface area contributed by atoms with E-state index >= 15 is 0 Å². The molecule has 0 aliphatic carbocycles. The molecular weight excluding hydrogens is 274 g/mol. The highest BCUT2D eigenvalue weighted by Gasteiger charge is 2.06. The molecule has 0 unspecified atom stereocenters. The first-order chi connectivity index (χ1) is 10.7. The summed E-state index contributed by atoms with van der Waals surface area (Å²) in [6, 6.07) is 11.9. The van der Waals surface area contributed by atoms with Gasteiger partial charge in [0, 0.05) is 30.1 Å². The average Bonchev–Trinajstić information content (AvgIpc) is 2.90. The number of nitrogens with zero attached hydrogens (tertiary/aromatic N) is 2. The number of pyridine rings is 1. The molecule has 0 bridgehead atoms. The van der Waals surface area contributed by atoms with Crippen LogP contribution in [0.5, 0.6) is 0 Å². The van der Waals surface area contributed by atoms with Crippen LogP contribution in [0.1, 0.15) is 25.3 Å². The van der Waals surface area contributed by atoms with Gasteiger partial charge in [0.25, 0.3) is 0 Å². The van der Waals surface area contributed by atoms with Gasteiger partial charge < -0.3 is 9.72 Å². The van der Waals surface area contributed by atoms with Crippen LogP contribution in [-0.4, -0.2) is 15.3 Å². The lowest BCUT2D eigenvalue weighted by molar-refractivity contribution is -0.116. The van der Waals surface area contributed by atoms with Crippen LogP contribution in [-0.2, 0) is 4.79 Å². The molecule has 0 atom stereocenters. The number of benzene rings is 1. The number of carbonyl (C=O) groups excluding carboxylic acids is 1. The molecule has 1 N–H and O–H groups in total. The van der Waals surface area contributed by atoms with E-state index in [1.54, 1.807) is 0 Å². The summed E-state index contributed by atoms with van der Waals surface area (Å²) >= 11 is 0. The predicted octanol–water partition coefficient (Wildman–Crippen LogP) is 4.05. The number of nitrogens with one attached hydrogen (secondary N) is 1. The summed E-state index contributed by atoms with van der Waals surface area (Å²) in [6.07, 6.45) is 5.45. The number of carbonyl (C=O) groups is 1. The van der Waals surface area contributed by atoms with Crippen molar-refractivity contribution in [3.05, 3.63) is 54.4 Å². The first-order valence-corrected chi connectivity index (χ1v) is 7.51. The summed E-state index contributed by atoms with van der Waals surface area (Å²) in [4.78, 5) is 16.3. The number of aryl methyl sites for hydroxylation is 1. The monoisotopic (exact) mass is 293 g/mol. The fraction of sp³-hybridized carbons (Fsp3) is 0.222. The first-order valence-electron chi connectivity index (χ1n) is 7.51. The second-order valence-electron chi connectivity index (χ2n) is 5.48. The average molecular weight is 293 g/mol. The molecule has 0 saturated heterocycles. The van der Waals surface area contributed by atoms with Crippen LogP contribution < -0.4 is 5.32 Å². The summed E-state index contributed by atoms with van der Waals surface area (Å²) < 4.78 is 2.02. The van der Waals surface area contributed by atoms with Crippen molar-refractivity contribution in [3.8, 4) is 11.3 Å². The Hall–Kier alpha value is -2.62. The quantitative estimate of drug-likeness (QED) is 0.789. The van der Waals surface area contributed by atoms with Gasteiger partial charge in [-0.05, 0) is 37.1 Å². The van der Waals surface area contributed by atoms with Crippen LogP contribution in [0, 0.1) is 6.92 Å². The third kappa shape index (κ3) is 3.01. The first kappa shape index (κ1) is 14.3. The van der Waals surface area contributed by atoms with Crippen LogP contribution in [0.25, 0.3) is 16.9 Å². The number of anilines is 1. The highest BCUT2D eigenvalue weighted by atomic mass is 16.1. The van der Waals surface area contributed by atoms with Gasteiger partial charge in [0.2, 0.25) is 5.91 Å². The number of hydrogen-bond donors (Lipinski definition) is 1. The van der Waals surface area contributed by atoms with E-state index in [2.05, 4.69) is 23.4 Å². The molecule has 4 nitrogen and oxygen atoms in total. The Balaban J connectivity index is 1.91. The van der Waals surface area contributed by atoms with Gasteiger partial charge in [-0.3, -0.25) is 4.79 Å². The van der Waals surface area contributed by atoms with E-state index < -0.39 is 0 Å². The van der Waals surface area contributed by atoms with Gasteiger partial charge in [0.1, 0.15) is 5.65 Å². The molecule has 22 heavy (non-hydrogen) atoms. The molecular formula is C18H19N3O. The second kappa shape index (κ2) is 6.02. The van der Waals surface area contributed by atoms with E-state index in [0.717, 1.165) is 29.0 Å². The van der Waals surface area contributed by atoms with Gasteiger partial charge in [-0.15, -0.1) is 0 Å². The van der Waals surface area contributed by atoms with Crippen molar-refractivity contribution in [2.24, 2.45) is 0 Å². The zero-order chi connectivity index (χ0) is 15.5. The summed E-state index contributed by atoms with van der Waals surface area (Å²) in [6.45, 7) is 4.05. The van der Waals surface area contributed by atoms with Gasteiger partial charge in [-0.1, -0.05) is 25.1 Å². The van der Waals surface area contributed by atoms with Gasteiger partial charge in [0.15, 0.2) is 0 Å². The SMILES string of the molecule is CCCC(=O)Nc1cccc(-c2cn3cc(C)ccc3n2)c1. The third-order valence-corrected chi connectivity index (χ3v) is 3.52. The largest absolute Gasteiger partial charge is 0.326 e. The fourth-order valence-corrected chi connectivity index (χ4v) is 2.45. The number of amides is 1. The molecule has 0 radical (unpaired) electrons. The van der Waals surface area contributed by atoms with Crippen LogP contribution >= 0.6 is 0 Å². The standard InChI is InChI=1S/C18H19N3O/c1-3-5-18(22)19-15-7-4-6-14(10-15)16-12-21-11-13(2)8-9-17(21)20-16/h4,6-12H,3,5H2,1-2H3,(H,19,22). The summed E-state index contributed by atoms with van der Waals surface area (Å²) in [5.41, 5.74) is 4.81. The van der Waals surface area contributed by atoms with E-state index in [0.29, 0.717) is 6.42 Å². The maximum Gasteiger partial charge on any atom is 0.224 e. The Morgan fingerprint density at radius 1 is 1.23 bits per heavy atom. The molecule has 0 saturated carbocycles. The highest BCUT2D eigenvalue weighted by Crippen LogP contribution is 2.23. The van der Waals surface area contributed by atoms with Crippen molar-refractivity contribution < 1.29 is 4.79 Å². The molecule has 0 fully saturated rings. The fourth-order valence-electron chi connectivity index (χ4n) is 2.45. The summed E-state index contributed by atoms with van der Waals surface area (Å²) in [7, 11) is 0. The second-order valence-corrected chi connectivity index (χ2v) is 5.48. The normalized spacial score (nSPS) is 10.8. The van der Waals surface area contributed by atoms with Gasteiger partial charge >= 0.3 is 0 Å². The van der Waals surface area contributed by atoms with Crippen LogP contribution in [0.2, 0.25) is 0 Å². The molecule has 1 aromatic carbocycles. The van der Waals surface area contributed by atoms with Gasteiger partial charge in [-0.2, -0.15) is 0 Å². The number of imidazole rings is 1. The maximum absolute atomic E-state index is 11.7. The van der Waals surface area contributed by atoms with Crippen LogP contribution in [0.4, 0.5) is 5.69 Å². The molecule has 3 aromatic rings. The van der Waals surface area contributed by atoms with Crippen molar-refractivity contribution in [1.82, 2.24) is 9.38 Å². The molecule has 4 heteroatoms. The molecule has 0 aliphatic heterocycles. The molecule has 2 heterocycles. The Kier molecular flexibility index (Phi) is 3.92. The van der Waals surface area contributed by atoms with Crippen molar-refractivity contribution in [2.75, 3.05) is 5.32 Å². The van der Waals surface area contributed by atoms with Crippen LogP contribution in [0.3, 0.4) is 0 Å². The number of aromatic nitrogens is 2. The summed E-state index contributed by atoms with van der Waals surface area (Å²) in [5.74, 6) is 0.0466. The molecule has 0 spiro atoms.